The lowest BCUT2D eigenvalue weighted by Gasteiger charge is -2.35. The summed E-state index contributed by atoms with van der Waals surface area (Å²) in [7, 11) is 1.84. The van der Waals surface area contributed by atoms with E-state index in [-0.39, 0.29) is 11.2 Å². The minimum atomic E-state index is -0.0861. The summed E-state index contributed by atoms with van der Waals surface area (Å²) in [5.74, 6) is 1.65. The maximum absolute atomic E-state index is 14.2. The molecule has 154 valence electrons. The van der Waals surface area contributed by atoms with Crippen molar-refractivity contribution in [2.24, 2.45) is 10.9 Å². The van der Waals surface area contributed by atoms with E-state index in [1.54, 1.807) is 12.1 Å². The Morgan fingerprint density at radius 1 is 1.18 bits per heavy atom. The van der Waals surface area contributed by atoms with E-state index in [2.05, 4.69) is 15.2 Å². The van der Waals surface area contributed by atoms with Gasteiger partial charge in [0.05, 0.1) is 6.10 Å². The highest BCUT2D eigenvalue weighted by atomic mass is 19.1. The molecular formula is C23H34FN3O. The number of benzene rings is 1. The molecule has 0 unspecified atom stereocenters. The molecule has 0 spiro atoms. The maximum Gasteiger partial charge on any atom is 0.193 e. The van der Waals surface area contributed by atoms with E-state index >= 15 is 0 Å². The van der Waals surface area contributed by atoms with Crippen molar-refractivity contribution in [2.45, 2.75) is 62.9 Å². The van der Waals surface area contributed by atoms with Crippen LogP contribution in [0.4, 0.5) is 4.39 Å². The summed E-state index contributed by atoms with van der Waals surface area (Å²) in [6.07, 6.45) is 10.0. The number of ether oxygens (including phenoxy) is 1. The van der Waals surface area contributed by atoms with Crippen molar-refractivity contribution in [3.63, 3.8) is 0 Å². The molecule has 28 heavy (non-hydrogen) atoms. The van der Waals surface area contributed by atoms with Crippen molar-refractivity contribution in [3.8, 4) is 0 Å². The fraction of sp³-hybridized carbons (Fsp3) is 0.696. The second-order valence-electron chi connectivity index (χ2n) is 8.83. The average molecular weight is 388 g/mol. The average Bonchev–Trinajstić information content (AvgIpc) is 3.32. The van der Waals surface area contributed by atoms with Gasteiger partial charge in [-0.05, 0) is 56.1 Å². The lowest BCUT2D eigenvalue weighted by Crippen LogP contribution is -2.48. The Bertz CT molecular complexity index is 674. The van der Waals surface area contributed by atoms with Crippen molar-refractivity contribution < 1.29 is 9.13 Å². The monoisotopic (exact) mass is 387 g/mol. The summed E-state index contributed by atoms with van der Waals surface area (Å²) in [6, 6.07) is 7.20. The predicted molar refractivity (Wildman–Crippen MR) is 111 cm³/mol. The SMILES string of the molecule is CN=C(NCC1(c2ccccc2F)CC1)N1CCC(OCC2CCCC2)CC1. The number of nitrogens with one attached hydrogen (secondary N) is 1. The van der Waals surface area contributed by atoms with Gasteiger partial charge < -0.3 is 15.0 Å². The number of aliphatic imine (C=N–C) groups is 1. The van der Waals surface area contributed by atoms with Crippen LogP contribution in [0.1, 0.15) is 56.9 Å². The molecule has 1 aromatic carbocycles. The number of guanidine groups is 1. The first-order valence-electron chi connectivity index (χ1n) is 11.0. The Balaban J connectivity index is 1.24. The Kier molecular flexibility index (Phi) is 6.19. The van der Waals surface area contributed by atoms with Crippen LogP contribution in [0.5, 0.6) is 0 Å². The van der Waals surface area contributed by atoms with Crippen LogP contribution in [0, 0.1) is 11.7 Å². The molecule has 3 fully saturated rings. The van der Waals surface area contributed by atoms with E-state index in [1.165, 1.54) is 25.7 Å². The third-order valence-electron chi connectivity index (χ3n) is 6.88. The van der Waals surface area contributed by atoms with Gasteiger partial charge in [0, 0.05) is 38.7 Å². The number of nitrogens with zero attached hydrogens (tertiary/aromatic N) is 2. The number of hydrogen-bond acceptors (Lipinski definition) is 2. The Morgan fingerprint density at radius 3 is 2.54 bits per heavy atom. The molecule has 5 heteroatoms. The van der Waals surface area contributed by atoms with E-state index in [0.717, 1.165) is 69.4 Å². The second kappa shape index (κ2) is 8.81. The van der Waals surface area contributed by atoms with E-state index in [9.17, 15) is 4.39 Å². The summed E-state index contributed by atoms with van der Waals surface area (Å²) < 4.78 is 20.4. The highest BCUT2D eigenvalue weighted by Crippen LogP contribution is 2.48. The molecule has 2 saturated carbocycles. The minimum Gasteiger partial charge on any atom is -0.378 e. The lowest BCUT2D eigenvalue weighted by atomic mass is 9.95. The topological polar surface area (TPSA) is 36.9 Å². The van der Waals surface area contributed by atoms with Gasteiger partial charge in [-0.1, -0.05) is 31.0 Å². The molecule has 1 aliphatic heterocycles. The Morgan fingerprint density at radius 2 is 1.89 bits per heavy atom. The highest BCUT2D eigenvalue weighted by Gasteiger charge is 2.46. The first kappa shape index (κ1) is 19.7. The summed E-state index contributed by atoms with van der Waals surface area (Å²) >= 11 is 0. The van der Waals surface area contributed by atoms with Gasteiger partial charge in [0.25, 0.3) is 0 Å². The number of hydrogen-bond donors (Lipinski definition) is 1. The molecule has 1 heterocycles. The van der Waals surface area contributed by atoms with Crippen LogP contribution >= 0.6 is 0 Å². The van der Waals surface area contributed by atoms with E-state index < -0.39 is 0 Å². The normalized spacial score (nSPS) is 23.2. The van der Waals surface area contributed by atoms with Gasteiger partial charge >= 0.3 is 0 Å². The molecule has 4 rings (SSSR count). The fourth-order valence-corrected chi connectivity index (χ4v) is 4.85. The van der Waals surface area contributed by atoms with Crippen LogP contribution < -0.4 is 5.32 Å². The largest absolute Gasteiger partial charge is 0.378 e. The molecule has 1 N–H and O–H groups in total. The maximum atomic E-state index is 14.2. The summed E-state index contributed by atoms with van der Waals surface area (Å²) in [4.78, 5) is 6.82. The van der Waals surface area contributed by atoms with E-state index in [1.807, 2.05) is 19.2 Å². The lowest BCUT2D eigenvalue weighted by molar-refractivity contribution is 0.00101. The van der Waals surface area contributed by atoms with E-state index in [0.29, 0.717) is 6.10 Å². The predicted octanol–water partition coefficient (Wildman–Crippen LogP) is 4.10. The summed E-state index contributed by atoms with van der Waals surface area (Å²) in [6.45, 7) is 3.64. The van der Waals surface area contributed by atoms with E-state index in [4.69, 9.17) is 4.74 Å². The van der Waals surface area contributed by atoms with Gasteiger partial charge in [0.2, 0.25) is 0 Å². The number of piperidine rings is 1. The van der Waals surface area contributed by atoms with Gasteiger partial charge in [-0.2, -0.15) is 0 Å². The zero-order chi connectivity index (χ0) is 19.4. The molecule has 2 aliphatic carbocycles. The van der Waals surface area contributed by atoms with Crippen molar-refractivity contribution in [2.75, 3.05) is 33.3 Å². The molecule has 0 amide bonds. The first-order chi connectivity index (χ1) is 13.7. The molecule has 1 saturated heterocycles. The van der Waals surface area contributed by atoms with Crippen molar-refractivity contribution >= 4 is 5.96 Å². The molecular weight excluding hydrogens is 353 g/mol. The molecule has 0 aromatic heterocycles. The van der Waals surface area contributed by atoms with Crippen LogP contribution in [0.2, 0.25) is 0 Å². The highest BCUT2D eigenvalue weighted by molar-refractivity contribution is 5.80. The standard InChI is InChI=1S/C23H34FN3O/c1-25-22(26-17-23(12-13-23)20-8-4-5-9-21(20)24)27-14-10-19(11-15-27)28-16-18-6-2-3-7-18/h4-5,8-9,18-19H,2-3,6-7,10-17H2,1H3,(H,25,26). The van der Waals surface area contributed by atoms with Crippen LogP contribution in [0.3, 0.4) is 0 Å². The van der Waals surface area contributed by atoms with Crippen LogP contribution in [-0.4, -0.2) is 50.3 Å². The summed E-state index contributed by atoms with van der Waals surface area (Å²) in [5.41, 5.74) is 0.779. The molecule has 0 radical (unpaired) electrons. The molecule has 3 aliphatic rings. The zero-order valence-electron chi connectivity index (χ0n) is 17.1. The zero-order valence-corrected chi connectivity index (χ0v) is 17.1. The van der Waals surface area contributed by atoms with Crippen molar-refractivity contribution in [1.29, 1.82) is 0 Å². The molecule has 4 nitrogen and oxygen atoms in total. The third-order valence-corrected chi connectivity index (χ3v) is 6.88. The third kappa shape index (κ3) is 4.51. The van der Waals surface area contributed by atoms with Crippen LogP contribution in [0.25, 0.3) is 0 Å². The minimum absolute atomic E-state index is 0.0655. The van der Waals surface area contributed by atoms with Crippen LogP contribution in [0.15, 0.2) is 29.3 Å². The fourth-order valence-electron chi connectivity index (χ4n) is 4.85. The van der Waals surface area contributed by atoms with Gasteiger partial charge in [-0.15, -0.1) is 0 Å². The molecule has 0 bridgehead atoms. The smallest absolute Gasteiger partial charge is 0.193 e. The Hall–Kier alpha value is -1.62. The molecule has 0 atom stereocenters. The van der Waals surface area contributed by atoms with Gasteiger partial charge in [-0.25, -0.2) is 4.39 Å². The number of likely N-dealkylation sites (tertiary alicyclic amines) is 1. The van der Waals surface area contributed by atoms with Gasteiger partial charge in [0.15, 0.2) is 5.96 Å². The number of rotatable bonds is 6. The molecule has 1 aromatic rings. The Labute approximate surface area is 168 Å². The van der Waals surface area contributed by atoms with Crippen molar-refractivity contribution in [1.82, 2.24) is 10.2 Å². The van der Waals surface area contributed by atoms with Crippen molar-refractivity contribution in [3.05, 3.63) is 35.6 Å². The first-order valence-corrected chi connectivity index (χ1v) is 11.0. The quantitative estimate of drug-likeness (QED) is 0.590. The van der Waals surface area contributed by atoms with Crippen LogP contribution in [-0.2, 0) is 10.2 Å². The summed E-state index contributed by atoms with van der Waals surface area (Å²) in [5, 5.41) is 3.53. The second-order valence-corrected chi connectivity index (χ2v) is 8.83. The van der Waals surface area contributed by atoms with Gasteiger partial charge in [-0.3, -0.25) is 4.99 Å². The van der Waals surface area contributed by atoms with Gasteiger partial charge in [0.1, 0.15) is 5.82 Å². The number of halogens is 1.